The van der Waals surface area contributed by atoms with Gasteiger partial charge in [-0.25, -0.2) is 8.42 Å². The first-order chi connectivity index (χ1) is 9.77. The molecule has 0 saturated heterocycles. The van der Waals surface area contributed by atoms with E-state index in [9.17, 15) is 8.42 Å². The molecule has 0 unspecified atom stereocenters. The number of aryl methyl sites for hydroxylation is 1. The minimum Gasteiger partial charge on any atom is -0.487 e. The Labute approximate surface area is 141 Å². The number of ether oxygens (including phenoxy) is 1. The van der Waals surface area contributed by atoms with Crippen molar-refractivity contribution >= 4 is 47.3 Å². The van der Waals surface area contributed by atoms with Gasteiger partial charge in [0.05, 0.1) is 0 Å². The lowest BCUT2D eigenvalue weighted by atomic mass is 10.2. The predicted molar refractivity (Wildman–Crippen MR) is 87.7 cm³/mol. The van der Waals surface area contributed by atoms with Gasteiger partial charge in [0.15, 0.2) is 0 Å². The highest BCUT2D eigenvalue weighted by molar-refractivity contribution is 9.10. The van der Waals surface area contributed by atoms with Gasteiger partial charge in [0.2, 0.25) is 0 Å². The molecule has 2 aromatic carbocycles. The molecule has 7 heteroatoms. The van der Waals surface area contributed by atoms with E-state index in [2.05, 4.69) is 15.9 Å². The number of hydrogen-bond acceptors (Lipinski definition) is 3. The molecule has 0 aromatic heterocycles. The molecule has 0 amide bonds. The molecule has 2 aromatic rings. The van der Waals surface area contributed by atoms with Crippen LogP contribution >= 0.6 is 38.2 Å². The minimum absolute atomic E-state index is 0.0573. The standard InChI is InChI=1S/C14H11BrCl2O3S/c1-9-5-11(15)7-13(21(17,18)19)14(9)20-8-10-3-2-4-12(16)6-10/h2-7H,8H2,1H3. The summed E-state index contributed by atoms with van der Waals surface area (Å²) in [4.78, 5) is -0.0573. The Bertz CT molecular complexity index is 776. The first kappa shape index (κ1) is 16.6. The van der Waals surface area contributed by atoms with E-state index in [0.29, 0.717) is 15.1 Å². The molecule has 21 heavy (non-hydrogen) atoms. The van der Waals surface area contributed by atoms with Crippen LogP contribution in [-0.2, 0) is 15.7 Å². The van der Waals surface area contributed by atoms with Crippen molar-refractivity contribution in [2.75, 3.05) is 0 Å². The average molecular weight is 410 g/mol. The van der Waals surface area contributed by atoms with Crippen LogP contribution in [0.25, 0.3) is 0 Å². The highest BCUT2D eigenvalue weighted by atomic mass is 79.9. The van der Waals surface area contributed by atoms with Crippen LogP contribution in [0.2, 0.25) is 5.02 Å². The molecule has 0 atom stereocenters. The Morgan fingerprint density at radius 2 is 1.95 bits per heavy atom. The van der Waals surface area contributed by atoms with Crippen LogP contribution in [0.5, 0.6) is 5.75 Å². The van der Waals surface area contributed by atoms with Gasteiger partial charge in [-0.1, -0.05) is 39.7 Å². The van der Waals surface area contributed by atoms with Crippen molar-refractivity contribution < 1.29 is 13.2 Å². The van der Waals surface area contributed by atoms with Crippen molar-refractivity contribution in [2.24, 2.45) is 0 Å². The Morgan fingerprint density at radius 3 is 2.57 bits per heavy atom. The van der Waals surface area contributed by atoms with E-state index in [0.717, 1.165) is 5.56 Å². The van der Waals surface area contributed by atoms with Crippen molar-refractivity contribution in [3.8, 4) is 5.75 Å². The summed E-state index contributed by atoms with van der Waals surface area (Å²) in [6, 6.07) is 10.3. The topological polar surface area (TPSA) is 43.4 Å². The van der Waals surface area contributed by atoms with E-state index < -0.39 is 9.05 Å². The van der Waals surface area contributed by atoms with Crippen LogP contribution in [0.4, 0.5) is 0 Å². The summed E-state index contributed by atoms with van der Waals surface area (Å²) in [5.74, 6) is 0.244. The first-order valence-electron chi connectivity index (χ1n) is 5.89. The Hall–Kier alpha value is -0.750. The van der Waals surface area contributed by atoms with Gasteiger partial charge in [0, 0.05) is 20.2 Å². The van der Waals surface area contributed by atoms with Crippen molar-refractivity contribution in [1.29, 1.82) is 0 Å². The zero-order valence-electron chi connectivity index (χ0n) is 10.9. The number of rotatable bonds is 4. The van der Waals surface area contributed by atoms with E-state index in [1.165, 1.54) is 6.07 Å². The summed E-state index contributed by atoms with van der Waals surface area (Å²) in [6.07, 6.45) is 0. The number of benzene rings is 2. The molecule has 0 aliphatic carbocycles. The van der Waals surface area contributed by atoms with Gasteiger partial charge < -0.3 is 4.74 Å². The highest BCUT2D eigenvalue weighted by Crippen LogP contribution is 2.34. The lowest BCUT2D eigenvalue weighted by molar-refractivity contribution is 0.296. The van der Waals surface area contributed by atoms with Crippen LogP contribution in [0.3, 0.4) is 0 Å². The quantitative estimate of drug-likeness (QED) is 0.673. The minimum atomic E-state index is -3.90. The molecule has 3 nitrogen and oxygen atoms in total. The average Bonchev–Trinajstić information content (AvgIpc) is 2.36. The van der Waals surface area contributed by atoms with Crippen LogP contribution in [0.1, 0.15) is 11.1 Å². The maximum Gasteiger partial charge on any atom is 0.265 e. The van der Waals surface area contributed by atoms with Crippen LogP contribution in [-0.4, -0.2) is 8.42 Å². The fraction of sp³-hybridized carbons (Fsp3) is 0.143. The van der Waals surface area contributed by atoms with Gasteiger partial charge >= 0.3 is 0 Å². The Kier molecular flexibility index (Phi) is 5.20. The molecular formula is C14H11BrCl2O3S. The third kappa shape index (κ3) is 4.36. The Balaban J connectivity index is 2.36. The monoisotopic (exact) mass is 408 g/mol. The fourth-order valence-corrected chi connectivity index (χ4v) is 3.84. The van der Waals surface area contributed by atoms with Crippen molar-refractivity contribution in [3.63, 3.8) is 0 Å². The van der Waals surface area contributed by atoms with Crippen molar-refractivity contribution in [1.82, 2.24) is 0 Å². The van der Waals surface area contributed by atoms with E-state index in [4.69, 9.17) is 27.0 Å². The van der Waals surface area contributed by atoms with E-state index >= 15 is 0 Å². The second kappa shape index (κ2) is 6.57. The largest absolute Gasteiger partial charge is 0.487 e. The van der Waals surface area contributed by atoms with Crippen LogP contribution in [0.15, 0.2) is 45.8 Å². The second-order valence-corrected chi connectivity index (χ2v) is 8.29. The molecule has 0 fully saturated rings. The lowest BCUT2D eigenvalue weighted by Gasteiger charge is -2.13. The first-order valence-corrected chi connectivity index (χ1v) is 9.37. The van der Waals surface area contributed by atoms with E-state index in [-0.39, 0.29) is 17.3 Å². The van der Waals surface area contributed by atoms with Gasteiger partial charge in [-0.3, -0.25) is 0 Å². The van der Waals surface area contributed by atoms with E-state index in [1.807, 2.05) is 6.07 Å². The molecule has 0 bridgehead atoms. The van der Waals surface area contributed by atoms with E-state index in [1.54, 1.807) is 31.2 Å². The molecule has 0 radical (unpaired) electrons. The third-order valence-corrected chi connectivity index (χ3v) is 4.76. The fourth-order valence-electron chi connectivity index (χ4n) is 1.85. The molecule has 2 rings (SSSR count). The summed E-state index contributed by atoms with van der Waals surface area (Å²) in [5, 5.41) is 0.591. The van der Waals surface area contributed by atoms with Crippen LogP contribution < -0.4 is 4.74 Å². The maximum atomic E-state index is 11.7. The molecule has 0 heterocycles. The zero-order chi connectivity index (χ0) is 15.6. The maximum absolute atomic E-state index is 11.7. The summed E-state index contributed by atoms with van der Waals surface area (Å²) in [7, 11) is 1.57. The summed E-state index contributed by atoms with van der Waals surface area (Å²) >= 11 is 9.15. The van der Waals surface area contributed by atoms with Gasteiger partial charge in [0.1, 0.15) is 17.3 Å². The molecule has 0 aliphatic rings. The number of halogens is 3. The third-order valence-electron chi connectivity index (χ3n) is 2.74. The summed E-state index contributed by atoms with van der Waals surface area (Å²) in [6.45, 7) is 1.95. The number of hydrogen-bond donors (Lipinski definition) is 0. The normalized spacial score (nSPS) is 11.4. The molecule has 0 N–H and O–H groups in total. The molecule has 0 spiro atoms. The molecule has 0 aliphatic heterocycles. The predicted octanol–water partition coefficient (Wildman–Crippen LogP) is 4.92. The zero-order valence-corrected chi connectivity index (χ0v) is 14.9. The second-order valence-electron chi connectivity index (χ2n) is 4.41. The summed E-state index contributed by atoms with van der Waals surface area (Å²) in [5.41, 5.74) is 1.51. The van der Waals surface area contributed by atoms with Gasteiger partial charge in [-0.05, 0) is 42.3 Å². The van der Waals surface area contributed by atoms with Crippen molar-refractivity contribution in [2.45, 2.75) is 18.4 Å². The van der Waals surface area contributed by atoms with Gasteiger partial charge in [0.25, 0.3) is 9.05 Å². The highest BCUT2D eigenvalue weighted by Gasteiger charge is 2.20. The van der Waals surface area contributed by atoms with Gasteiger partial charge in [-0.2, -0.15) is 0 Å². The smallest absolute Gasteiger partial charge is 0.265 e. The summed E-state index contributed by atoms with van der Waals surface area (Å²) < 4.78 is 29.6. The SMILES string of the molecule is Cc1cc(Br)cc(S(=O)(=O)Cl)c1OCc1cccc(Cl)c1. The Morgan fingerprint density at radius 1 is 1.24 bits per heavy atom. The molecule has 112 valence electrons. The molecular weight excluding hydrogens is 399 g/mol. The lowest BCUT2D eigenvalue weighted by Crippen LogP contribution is -2.03. The molecule has 0 saturated carbocycles. The van der Waals surface area contributed by atoms with Crippen molar-refractivity contribution in [3.05, 3.63) is 57.0 Å². The van der Waals surface area contributed by atoms with Gasteiger partial charge in [-0.15, -0.1) is 0 Å². The van der Waals surface area contributed by atoms with Crippen LogP contribution in [0, 0.1) is 6.92 Å².